The number of nitrogens with one attached hydrogen (secondary N) is 2. The molecule has 0 spiro atoms. The molecule has 3 N–H and O–H groups in total. The van der Waals surface area contributed by atoms with Gasteiger partial charge in [-0.25, -0.2) is 4.79 Å². The Labute approximate surface area is 284 Å². The molecule has 0 unspecified atom stereocenters. The smallest absolute Gasteiger partial charge is 0.475 e. The van der Waals surface area contributed by atoms with Crippen LogP contribution in [0.4, 0.5) is 18.9 Å². The van der Waals surface area contributed by atoms with Gasteiger partial charge in [0.25, 0.3) is 0 Å². The second-order valence-electron chi connectivity index (χ2n) is 11.4. The molecule has 9 nitrogen and oxygen atoms in total. The molecule has 48 heavy (non-hydrogen) atoms. The average molecular weight is 703 g/mol. The molecule has 4 aromatic rings. The molecule has 0 aliphatic carbocycles. The van der Waals surface area contributed by atoms with Gasteiger partial charge >= 0.3 is 12.1 Å². The number of pyridine rings is 1. The fourth-order valence-electron chi connectivity index (χ4n) is 5.74. The van der Waals surface area contributed by atoms with Gasteiger partial charge in [0.2, 0.25) is 11.8 Å². The van der Waals surface area contributed by atoms with Crippen molar-refractivity contribution >= 4 is 57.6 Å². The van der Waals surface area contributed by atoms with Crippen LogP contribution in [0.2, 0.25) is 10.0 Å². The first kappa shape index (κ1) is 34.9. The Balaban J connectivity index is 0.000000582. The van der Waals surface area contributed by atoms with E-state index in [4.69, 9.17) is 33.1 Å². The van der Waals surface area contributed by atoms with E-state index in [-0.39, 0.29) is 11.8 Å². The Kier molecular flexibility index (Phi) is 11.1. The number of aliphatic carboxylic acids is 1. The third kappa shape index (κ3) is 8.74. The van der Waals surface area contributed by atoms with E-state index in [0.29, 0.717) is 55.6 Å². The first-order valence-corrected chi connectivity index (χ1v) is 15.9. The summed E-state index contributed by atoms with van der Waals surface area (Å²) < 4.78 is 31.7. The average Bonchev–Trinajstić information content (AvgIpc) is 3.08. The number of carbonyl (C=O) groups is 3. The van der Waals surface area contributed by atoms with Crippen molar-refractivity contribution in [1.29, 1.82) is 0 Å². The van der Waals surface area contributed by atoms with Crippen LogP contribution in [0.25, 0.3) is 10.9 Å². The normalized spacial score (nSPS) is 16.7. The zero-order chi connectivity index (χ0) is 34.4. The maximum Gasteiger partial charge on any atom is 0.490 e. The number of halogens is 5. The number of amides is 2. The molecule has 1 aromatic heterocycles. The van der Waals surface area contributed by atoms with Gasteiger partial charge in [-0.2, -0.15) is 13.2 Å². The van der Waals surface area contributed by atoms with Crippen LogP contribution in [0.5, 0.6) is 0 Å². The Bertz CT molecular complexity index is 1780. The van der Waals surface area contributed by atoms with Gasteiger partial charge in [-0.15, -0.1) is 0 Å². The Morgan fingerprint density at radius 1 is 0.938 bits per heavy atom. The van der Waals surface area contributed by atoms with Crippen LogP contribution >= 0.6 is 23.2 Å². The summed E-state index contributed by atoms with van der Waals surface area (Å²) in [5, 5.41) is 15.9. The fourth-order valence-corrected chi connectivity index (χ4v) is 6.03. The number of carboxylic acid groups (broad SMARTS) is 1. The molecule has 2 amide bonds. The second-order valence-corrected chi connectivity index (χ2v) is 12.3. The molecule has 0 bridgehead atoms. The summed E-state index contributed by atoms with van der Waals surface area (Å²) in [7, 11) is 0. The molecular formula is C34H32Cl2F3N5O4. The standard InChI is InChI=1S/C32H31Cl2N5O2.C2HF3O2/c33-24-7-5-21(6-8-24)17-29(37-31(40)28-18-22-3-1-2-4-23(22)20-36-28)32(41)39-15-13-38(14-16-39)30-11-12-35-27-19-25(34)9-10-26(27)30;3-2(4,5)1(6)7/h1-12,19,28-29,36H,13-18,20H2,(H,37,40);(H,6,7)/t28-,29-;/m1./s1. The van der Waals surface area contributed by atoms with Gasteiger partial charge in [-0.3, -0.25) is 14.6 Å². The van der Waals surface area contributed by atoms with Crippen molar-refractivity contribution in [3.63, 3.8) is 0 Å². The molecule has 2 aliphatic heterocycles. The van der Waals surface area contributed by atoms with Crippen LogP contribution in [0.3, 0.4) is 0 Å². The minimum atomic E-state index is -5.08. The molecule has 3 heterocycles. The van der Waals surface area contributed by atoms with Crippen LogP contribution in [0, 0.1) is 0 Å². The first-order chi connectivity index (χ1) is 22.9. The minimum absolute atomic E-state index is 0.0736. The lowest BCUT2D eigenvalue weighted by Gasteiger charge is -2.38. The van der Waals surface area contributed by atoms with Gasteiger partial charge in [0.15, 0.2) is 0 Å². The molecule has 14 heteroatoms. The molecule has 0 radical (unpaired) electrons. The lowest BCUT2D eigenvalue weighted by atomic mass is 9.95. The number of rotatable bonds is 6. The molecule has 1 fully saturated rings. The number of fused-ring (bicyclic) bond motifs is 2. The van der Waals surface area contributed by atoms with E-state index >= 15 is 0 Å². The number of alkyl halides is 3. The zero-order valence-electron chi connectivity index (χ0n) is 25.5. The van der Waals surface area contributed by atoms with Crippen molar-refractivity contribution in [3.05, 3.63) is 106 Å². The van der Waals surface area contributed by atoms with Crippen LogP contribution < -0.4 is 15.5 Å². The summed E-state index contributed by atoms with van der Waals surface area (Å²) in [4.78, 5) is 44.8. The van der Waals surface area contributed by atoms with Crippen molar-refractivity contribution in [2.45, 2.75) is 37.6 Å². The summed E-state index contributed by atoms with van der Waals surface area (Å²) in [5.41, 5.74) is 5.23. The number of nitrogens with zero attached hydrogens (tertiary/aromatic N) is 3. The topological polar surface area (TPSA) is 115 Å². The summed E-state index contributed by atoms with van der Waals surface area (Å²) >= 11 is 12.3. The predicted octanol–water partition coefficient (Wildman–Crippen LogP) is 5.27. The van der Waals surface area contributed by atoms with Crippen molar-refractivity contribution < 1.29 is 32.7 Å². The third-order valence-corrected chi connectivity index (χ3v) is 8.71. The fraction of sp³-hybridized carbons (Fsp3) is 0.294. The highest BCUT2D eigenvalue weighted by Gasteiger charge is 2.38. The summed E-state index contributed by atoms with van der Waals surface area (Å²) in [6, 6.07) is 22.2. The second kappa shape index (κ2) is 15.2. The molecule has 6 rings (SSSR count). The number of aromatic nitrogens is 1. The quantitative estimate of drug-likeness (QED) is 0.251. The van der Waals surface area contributed by atoms with Crippen molar-refractivity contribution in [1.82, 2.24) is 20.5 Å². The van der Waals surface area contributed by atoms with Gasteiger partial charge < -0.3 is 25.5 Å². The summed E-state index contributed by atoms with van der Waals surface area (Å²) in [6.07, 6.45) is -2.31. The van der Waals surface area contributed by atoms with E-state index < -0.39 is 24.2 Å². The van der Waals surface area contributed by atoms with E-state index in [1.807, 2.05) is 65.6 Å². The molecule has 2 atom stereocenters. The maximum absolute atomic E-state index is 13.9. The Morgan fingerprint density at radius 2 is 1.58 bits per heavy atom. The molecule has 2 aliphatic rings. The third-order valence-electron chi connectivity index (χ3n) is 8.22. The Morgan fingerprint density at radius 3 is 2.25 bits per heavy atom. The van der Waals surface area contributed by atoms with Crippen molar-refractivity contribution in [2.24, 2.45) is 0 Å². The van der Waals surface area contributed by atoms with E-state index in [1.165, 1.54) is 5.56 Å². The monoisotopic (exact) mass is 701 g/mol. The molecule has 0 saturated carbocycles. The van der Waals surface area contributed by atoms with Gasteiger partial charge in [0, 0.05) is 66.5 Å². The van der Waals surface area contributed by atoms with Gasteiger partial charge in [0.1, 0.15) is 6.04 Å². The molecular weight excluding hydrogens is 670 g/mol. The van der Waals surface area contributed by atoms with Crippen molar-refractivity contribution in [2.75, 3.05) is 31.1 Å². The molecule has 3 aromatic carbocycles. The number of carboxylic acids is 1. The predicted molar refractivity (Wildman–Crippen MR) is 177 cm³/mol. The lowest BCUT2D eigenvalue weighted by molar-refractivity contribution is -0.192. The van der Waals surface area contributed by atoms with E-state index in [9.17, 15) is 22.8 Å². The number of piperazine rings is 1. The number of benzene rings is 3. The highest BCUT2D eigenvalue weighted by molar-refractivity contribution is 6.31. The largest absolute Gasteiger partial charge is 0.490 e. The molecule has 1 saturated heterocycles. The number of hydrogen-bond acceptors (Lipinski definition) is 6. The van der Waals surface area contributed by atoms with Crippen LogP contribution in [0.15, 0.2) is 79.0 Å². The lowest BCUT2D eigenvalue weighted by Crippen LogP contribution is -2.58. The van der Waals surface area contributed by atoms with Crippen LogP contribution in [-0.4, -0.2) is 77.2 Å². The number of anilines is 1. The first-order valence-electron chi connectivity index (χ1n) is 15.1. The minimum Gasteiger partial charge on any atom is -0.475 e. The summed E-state index contributed by atoms with van der Waals surface area (Å²) in [6.45, 7) is 3.09. The van der Waals surface area contributed by atoms with Crippen LogP contribution in [0.1, 0.15) is 16.7 Å². The number of hydrogen-bond donors (Lipinski definition) is 3. The number of carbonyl (C=O) groups excluding carboxylic acids is 2. The van der Waals surface area contributed by atoms with Gasteiger partial charge in [-0.05, 0) is 59.5 Å². The zero-order valence-corrected chi connectivity index (χ0v) is 27.0. The van der Waals surface area contributed by atoms with E-state index in [0.717, 1.165) is 27.7 Å². The summed E-state index contributed by atoms with van der Waals surface area (Å²) in [5.74, 6) is -2.99. The maximum atomic E-state index is 13.9. The van der Waals surface area contributed by atoms with Gasteiger partial charge in [0.05, 0.1) is 11.6 Å². The SMILES string of the molecule is O=C(N[C@H](Cc1ccc(Cl)cc1)C(=O)N1CCN(c2ccnc3cc(Cl)ccc23)CC1)[C@H]1Cc2ccccc2CN1.O=C(O)C(F)(F)F. The highest BCUT2D eigenvalue weighted by Crippen LogP contribution is 2.28. The van der Waals surface area contributed by atoms with Crippen LogP contribution in [-0.2, 0) is 33.8 Å². The molecule has 252 valence electrons. The van der Waals surface area contributed by atoms with E-state index in [1.54, 1.807) is 6.20 Å². The highest BCUT2D eigenvalue weighted by atomic mass is 35.5. The Hall–Kier alpha value is -4.39. The van der Waals surface area contributed by atoms with Gasteiger partial charge in [-0.1, -0.05) is 59.6 Å². The van der Waals surface area contributed by atoms with E-state index in [2.05, 4.69) is 32.7 Å². The van der Waals surface area contributed by atoms with Crippen molar-refractivity contribution in [3.8, 4) is 0 Å².